The summed E-state index contributed by atoms with van der Waals surface area (Å²) in [7, 11) is 0. The van der Waals surface area contributed by atoms with Crippen LogP contribution in [-0.4, -0.2) is 0 Å². The van der Waals surface area contributed by atoms with Crippen LogP contribution in [0.25, 0.3) is 0 Å². The van der Waals surface area contributed by atoms with Crippen molar-refractivity contribution in [2.24, 2.45) is 5.92 Å². The first kappa shape index (κ1) is 14.2. The van der Waals surface area contributed by atoms with Gasteiger partial charge in [-0.3, -0.25) is 0 Å². The molecule has 0 nitrogen and oxygen atoms in total. The van der Waals surface area contributed by atoms with E-state index >= 15 is 0 Å². The van der Waals surface area contributed by atoms with Crippen LogP contribution in [0.4, 0.5) is 0 Å². The van der Waals surface area contributed by atoms with Crippen molar-refractivity contribution in [1.29, 1.82) is 0 Å². The van der Waals surface area contributed by atoms with Gasteiger partial charge in [-0.05, 0) is 11.1 Å². The fraction of sp³-hybridized carbons (Fsp3) is 0.111. The van der Waals surface area contributed by atoms with Gasteiger partial charge in [-0.15, -0.1) is 0 Å². The first-order valence-corrected chi connectivity index (χ1v) is 6.40. The predicted molar refractivity (Wildman–Crippen MR) is 76.5 cm³/mol. The molecular weight excluding hydrogens is 307 g/mol. The number of rotatable bonds is 3. The van der Waals surface area contributed by atoms with Crippen LogP contribution in [0.3, 0.4) is 0 Å². The van der Waals surface area contributed by atoms with Crippen LogP contribution in [-0.2, 0) is 26.2 Å². The SMILES string of the molecule is C1=CC(C(c2ccccc2)c2ccccc2)C=C1.[Zr]. The van der Waals surface area contributed by atoms with Crippen molar-refractivity contribution in [1.82, 2.24) is 0 Å². The third-order valence-corrected chi connectivity index (χ3v) is 3.48. The molecule has 1 heteroatoms. The molecule has 0 aromatic heterocycles. The first-order valence-electron chi connectivity index (χ1n) is 6.40. The van der Waals surface area contributed by atoms with Gasteiger partial charge < -0.3 is 0 Å². The van der Waals surface area contributed by atoms with Crippen LogP contribution in [0.2, 0.25) is 0 Å². The second-order valence-corrected chi connectivity index (χ2v) is 4.65. The molecule has 0 saturated heterocycles. The Labute approximate surface area is 134 Å². The van der Waals surface area contributed by atoms with E-state index in [-0.39, 0.29) is 26.2 Å². The van der Waals surface area contributed by atoms with Crippen LogP contribution in [0.5, 0.6) is 0 Å². The Balaban J connectivity index is 0.00000133. The minimum Gasteiger partial charge on any atom is -0.0767 e. The number of allylic oxidation sites excluding steroid dienone is 4. The predicted octanol–water partition coefficient (Wildman–Crippen LogP) is 4.56. The van der Waals surface area contributed by atoms with Crippen LogP contribution < -0.4 is 0 Å². The van der Waals surface area contributed by atoms with Crippen molar-refractivity contribution in [3.05, 3.63) is 96.1 Å². The van der Waals surface area contributed by atoms with E-state index in [0.717, 1.165) is 0 Å². The molecule has 0 N–H and O–H groups in total. The topological polar surface area (TPSA) is 0 Å². The molecule has 2 aromatic carbocycles. The smallest absolute Gasteiger partial charge is 0.0187 e. The molecule has 0 radical (unpaired) electrons. The Bertz CT molecular complexity index is 503. The third-order valence-electron chi connectivity index (χ3n) is 3.48. The van der Waals surface area contributed by atoms with Crippen LogP contribution >= 0.6 is 0 Å². The number of hydrogen-bond acceptors (Lipinski definition) is 0. The Hall–Kier alpha value is -1.20. The van der Waals surface area contributed by atoms with Gasteiger partial charge in [-0.1, -0.05) is 85.0 Å². The molecule has 92 valence electrons. The van der Waals surface area contributed by atoms with Crippen molar-refractivity contribution in [3.8, 4) is 0 Å². The Kier molecular flexibility index (Phi) is 5.10. The molecular formula is C18H16Zr. The van der Waals surface area contributed by atoms with Gasteiger partial charge in [0, 0.05) is 38.0 Å². The second-order valence-electron chi connectivity index (χ2n) is 4.65. The largest absolute Gasteiger partial charge is 0.0767 e. The van der Waals surface area contributed by atoms with Crippen molar-refractivity contribution in [2.45, 2.75) is 5.92 Å². The summed E-state index contributed by atoms with van der Waals surface area (Å²) in [4.78, 5) is 0. The van der Waals surface area contributed by atoms with Gasteiger partial charge in [0.2, 0.25) is 0 Å². The van der Waals surface area contributed by atoms with E-state index in [1.165, 1.54) is 11.1 Å². The molecule has 3 rings (SSSR count). The Morgan fingerprint density at radius 2 is 1.05 bits per heavy atom. The Morgan fingerprint density at radius 1 is 0.632 bits per heavy atom. The summed E-state index contributed by atoms with van der Waals surface area (Å²) in [6, 6.07) is 21.5. The molecule has 0 fully saturated rings. The molecule has 0 atom stereocenters. The van der Waals surface area contributed by atoms with Gasteiger partial charge in [0.05, 0.1) is 0 Å². The van der Waals surface area contributed by atoms with Gasteiger partial charge in [0.1, 0.15) is 0 Å². The molecule has 0 saturated carbocycles. The normalized spacial score (nSPS) is 13.7. The van der Waals surface area contributed by atoms with Crippen LogP contribution in [0, 0.1) is 5.92 Å². The summed E-state index contributed by atoms with van der Waals surface area (Å²) < 4.78 is 0. The van der Waals surface area contributed by atoms with Crippen LogP contribution in [0.15, 0.2) is 85.0 Å². The standard InChI is InChI=1S/C18H16.Zr/c1-3-9-15(10-4-1)18(17-13-7-8-14-17)16-11-5-2-6-12-16;/h1-14,17-18H;. The maximum Gasteiger partial charge on any atom is 0.0187 e. The number of benzene rings is 2. The summed E-state index contributed by atoms with van der Waals surface area (Å²) in [5.41, 5.74) is 2.76. The summed E-state index contributed by atoms with van der Waals surface area (Å²) in [6.07, 6.45) is 8.85. The zero-order valence-electron chi connectivity index (χ0n) is 10.7. The first-order chi connectivity index (χ1) is 8.95. The monoisotopic (exact) mass is 322 g/mol. The molecule has 0 unspecified atom stereocenters. The van der Waals surface area contributed by atoms with E-state index in [9.17, 15) is 0 Å². The van der Waals surface area contributed by atoms with Gasteiger partial charge in [-0.25, -0.2) is 0 Å². The quantitative estimate of drug-likeness (QED) is 0.777. The average molecular weight is 324 g/mol. The van der Waals surface area contributed by atoms with Gasteiger partial charge >= 0.3 is 0 Å². The zero-order chi connectivity index (χ0) is 12.2. The fourth-order valence-corrected chi connectivity index (χ4v) is 2.63. The van der Waals surface area contributed by atoms with E-state index < -0.39 is 0 Å². The minimum absolute atomic E-state index is 0. The molecule has 0 spiro atoms. The molecule has 0 heterocycles. The number of hydrogen-bond donors (Lipinski definition) is 0. The summed E-state index contributed by atoms with van der Waals surface area (Å²) >= 11 is 0. The minimum atomic E-state index is 0. The van der Waals surface area contributed by atoms with Gasteiger partial charge in [-0.2, -0.15) is 0 Å². The van der Waals surface area contributed by atoms with E-state index in [0.29, 0.717) is 11.8 Å². The van der Waals surface area contributed by atoms with E-state index in [4.69, 9.17) is 0 Å². The van der Waals surface area contributed by atoms with Gasteiger partial charge in [0.25, 0.3) is 0 Å². The van der Waals surface area contributed by atoms with Crippen LogP contribution in [0.1, 0.15) is 17.0 Å². The van der Waals surface area contributed by atoms with Crippen molar-refractivity contribution >= 4 is 0 Å². The maximum absolute atomic E-state index is 2.28. The molecule has 0 aliphatic heterocycles. The average Bonchev–Trinajstić information content (AvgIpc) is 2.95. The molecule has 19 heavy (non-hydrogen) atoms. The maximum atomic E-state index is 2.28. The molecule has 1 aliphatic carbocycles. The van der Waals surface area contributed by atoms with Gasteiger partial charge in [0.15, 0.2) is 0 Å². The molecule has 1 aliphatic rings. The third kappa shape index (κ3) is 3.22. The van der Waals surface area contributed by atoms with E-state index in [1.54, 1.807) is 0 Å². The molecule has 2 aromatic rings. The second kappa shape index (κ2) is 6.82. The summed E-state index contributed by atoms with van der Waals surface area (Å²) in [5, 5.41) is 0. The summed E-state index contributed by atoms with van der Waals surface area (Å²) in [5.74, 6) is 0.886. The summed E-state index contributed by atoms with van der Waals surface area (Å²) in [6.45, 7) is 0. The molecule has 0 amide bonds. The Morgan fingerprint density at radius 3 is 1.47 bits per heavy atom. The fourth-order valence-electron chi connectivity index (χ4n) is 2.63. The molecule has 0 bridgehead atoms. The van der Waals surface area contributed by atoms with E-state index in [1.807, 2.05) is 0 Å². The zero-order valence-corrected chi connectivity index (χ0v) is 13.2. The van der Waals surface area contributed by atoms with Crippen molar-refractivity contribution in [3.63, 3.8) is 0 Å². The van der Waals surface area contributed by atoms with E-state index in [2.05, 4.69) is 85.0 Å². The van der Waals surface area contributed by atoms with Crippen molar-refractivity contribution in [2.75, 3.05) is 0 Å². The van der Waals surface area contributed by atoms with Crippen molar-refractivity contribution < 1.29 is 26.2 Å².